The number of carbonyl (C=O) groups is 2. The number of hydrogen-bond donors (Lipinski definition) is 1. The van der Waals surface area contributed by atoms with Crippen molar-refractivity contribution in [3.8, 4) is 11.5 Å². The van der Waals surface area contributed by atoms with Gasteiger partial charge in [-0.1, -0.05) is 12.5 Å². The highest BCUT2D eigenvalue weighted by Gasteiger charge is 2.43. The summed E-state index contributed by atoms with van der Waals surface area (Å²) in [4.78, 5) is 27.3. The van der Waals surface area contributed by atoms with Crippen LogP contribution in [0.1, 0.15) is 80.8 Å². The average molecular weight is 506 g/mol. The summed E-state index contributed by atoms with van der Waals surface area (Å²) >= 11 is 0. The number of Topliss-reactive ketones (excluding diaryl/α,β-unsaturated/α-hetero) is 1. The highest BCUT2D eigenvalue weighted by Crippen LogP contribution is 2.47. The molecule has 0 spiro atoms. The summed E-state index contributed by atoms with van der Waals surface area (Å²) in [5.74, 6) is 1.65. The van der Waals surface area contributed by atoms with Crippen molar-refractivity contribution in [2.45, 2.75) is 76.7 Å². The Morgan fingerprint density at radius 1 is 0.973 bits per heavy atom. The number of methoxy groups -OCH3 is 2. The Bertz CT molecular complexity index is 1260. The topological polar surface area (TPSA) is 87.0 Å². The number of esters is 1. The van der Waals surface area contributed by atoms with E-state index in [9.17, 15) is 9.59 Å². The molecule has 0 saturated heterocycles. The van der Waals surface area contributed by atoms with E-state index in [4.69, 9.17) is 18.6 Å². The van der Waals surface area contributed by atoms with Gasteiger partial charge in [-0.05, 0) is 81.7 Å². The smallest absolute Gasteiger partial charge is 0.337 e. The summed E-state index contributed by atoms with van der Waals surface area (Å²) < 4.78 is 22.9. The molecule has 2 atom stereocenters. The van der Waals surface area contributed by atoms with Crippen molar-refractivity contribution in [3.05, 3.63) is 70.0 Å². The van der Waals surface area contributed by atoms with Gasteiger partial charge in [-0.25, -0.2) is 4.79 Å². The lowest BCUT2D eigenvalue weighted by molar-refractivity contribution is -0.146. The molecule has 7 nitrogen and oxygen atoms in total. The van der Waals surface area contributed by atoms with Gasteiger partial charge in [0.25, 0.3) is 0 Å². The molecule has 3 aliphatic rings. The van der Waals surface area contributed by atoms with Gasteiger partial charge in [0.05, 0.1) is 25.7 Å². The van der Waals surface area contributed by atoms with Crippen molar-refractivity contribution in [2.24, 2.45) is 0 Å². The summed E-state index contributed by atoms with van der Waals surface area (Å²) in [5, 5.41) is 3.41. The Labute approximate surface area is 217 Å². The molecule has 1 aromatic carbocycles. The molecule has 2 aliphatic carbocycles. The molecule has 2 heterocycles. The average Bonchev–Trinajstić information content (AvgIpc) is 3.33. The van der Waals surface area contributed by atoms with Crippen molar-refractivity contribution < 1.29 is 28.2 Å². The second kappa shape index (κ2) is 10.5. The number of ketones is 1. The van der Waals surface area contributed by atoms with Crippen LogP contribution in [0.3, 0.4) is 0 Å². The minimum absolute atomic E-state index is 0.00283. The van der Waals surface area contributed by atoms with E-state index in [1.165, 1.54) is 6.42 Å². The number of nitrogens with one attached hydrogen (secondary N) is 1. The number of rotatable bonds is 6. The first-order valence-electron chi connectivity index (χ1n) is 13.1. The maximum absolute atomic E-state index is 13.8. The van der Waals surface area contributed by atoms with Gasteiger partial charge in [-0.3, -0.25) is 4.79 Å². The van der Waals surface area contributed by atoms with Crippen LogP contribution >= 0.6 is 0 Å². The van der Waals surface area contributed by atoms with Gasteiger partial charge in [0, 0.05) is 23.4 Å². The molecular weight excluding hydrogens is 470 g/mol. The van der Waals surface area contributed by atoms with Crippen molar-refractivity contribution in [1.82, 2.24) is 5.32 Å². The van der Waals surface area contributed by atoms with Crippen LogP contribution < -0.4 is 14.8 Å². The first-order valence-corrected chi connectivity index (χ1v) is 13.1. The van der Waals surface area contributed by atoms with Crippen molar-refractivity contribution >= 4 is 11.8 Å². The van der Waals surface area contributed by atoms with Gasteiger partial charge in [0.1, 0.15) is 17.6 Å². The molecule has 37 heavy (non-hydrogen) atoms. The summed E-state index contributed by atoms with van der Waals surface area (Å²) in [5.41, 5.74) is 3.62. The standard InChI is InChI=1S/C30H35NO6/c1-17-10-12-25(36-17)29-27(30(33)37-21-8-6-5-7-9-21)18(2)31-22-14-20(15-23(32)28(22)29)19-11-13-24(34-3)26(16-19)35-4/h10-13,16,20-21,29,31H,5-9,14-15H2,1-4H3/t20-,29+/m1/s1. The highest BCUT2D eigenvalue weighted by molar-refractivity contribution is 6.04. The minimum atomic E-state index is -0.583. The number of furan rings is 1. The van der Waals surface area contributed by atoms with Crippen LogP contribution in [0.2, 0.25) is 0 Å². The number of ether oxygens (including phenoxy) is 3. The van der Waals surface area contributed by atoms with E-state index >= 15 is 0 Å². The lowest BCUT2D eigenvalue weighted by Gasteiger charge is -2.36. The Kier molecular flexibility index (Phi) is 7.13. The van der Waals surface area contributed by atoms with Crippen molar-refractivity contribution in [3.63, 3.8) is 0 Å². The van der Waals surface area contributed by atoms with Gasteiger partial charge in [0.15, 0.2) is 17.3 Å². The predicted octanol–water partition coefficient (Wildman–Crippen LogP) is 5.84. The zero-order valence-electron chi connectivity index (χ0n) is 22.0. The largest absolute Gasteiger partial charge is 0.493 e. The van der Waals surface area contributed by atoms with Gasteiger partial charge in [0.2, 0.25) is 0 Å². The number of carbonyl (C=O) groups excluding carboxylic acids is 2. The Morgan fingerprint density at radius 2 is 1.73 bits per heavy atom. The third-order valence-electron chi connectivity index (χ3n) is 7.80. The molecule has 1 N–H and O–H groups in total. The second-order valence-electron chi connectivity index (χ2n) is 10.2. The van der Waals surface area contributed by atoms with Crippen molar-refractivity contribution in [1.29, 1.82) is 0 Å². The second-order valence-corrected chi connectivity index (χ2v) is 10.2. The Balaban J connectivity index is 1.49. The summed E-state index contributed by atoms with van der Waals surface area (Å²) in [6.45, 7) is 3.75. The van der Waals surface area contributed by atoms with E-state index in [-0.39, 0.29) is 23.8 Å². The fourth-order valence-corrected chi connectivity index (χ4v) is 5.94. The van der Waals surface area contributed by atoms with E-state index in [1.807, 2.05) is 44.2 Å². The van der Waals surface area contributed by atoms with Crippen LogP contribution in [0.4, 0.5) is 0 Å². The molecule has 0 amide bonds. The lowest BCUT2D eigenvalue weighted by Crippen LogP contribution is -2.36. The van der Waals surface area contributed by atoms with E-state index in [1.54, 1.807) is 14.2 Å². The van der Waals surface area contributed by atoms with E-state index < -0.39 is 5.92 Å². The summed E-state index contributed by atoms with van der Waals surface area (Å²) in [6, 6.07) is 9.53. The molecule has 5 rings (SSSR count). The molecule has 1 aliphatic heterocycles. The molecule has 0 radical (unpaired) electrons. The fourth-order valence-electron chi connectivity index (χ4n) is 5.94. The maximum atomic E-state index is 13.8. The number of benzene rings is 1. The van der Waals surface area contributed by atoms with Crippen LogP contribution in [-0.4, -0.2) is 32.1 Å². The van der Waals surface area contributed by atoms with E-state index in [0.717, 1.165) is 42.7 Å². The fraction of sp³-hybridized carbons (Fsp3) is 0.467. The maximum Gasteiger partial charge on any atom is 0.337 e. The molecule has 0 bridgehead atoms. The van der Waals surface area contributed by atoms with Crippen molar-refractivity contribution in [2.75, 3.05) is 14.2 Å². The molecule has 1 saturated carbocycles. The molecule has 2 aromatic rings. The molecular formula is C30H35NO6. The first-order chi connectivity index (χ1) is 17.9. The van der Waals surface area contributed by atoms with E-state index in [2.05, 4.69) is 5.32 Å². The Hall–Kier alpha value is -3.48. The van der Waals surface area contributed by atoms with E-state index in [0.29, 0.717) is 46.9 Å². The van der Waals surface area contributed by atoms with Crippen LogP contribution in [0.5, 0.6) is 11.5 Å². The zero-order valence-corrected chi connectivity index (χ0v) is 22.0. The lowest BCUT2D eigenvalue weighted by atomic mass is 9.73. The highest BCUT2D eigenvalue weighted by atomic mass is 16.5. The monoisotopic (exact) mass is 505 g/mol. The van der Waals surface area contributed by atoms with Gasteiger partial charge in [-0.15, -0.1) is 0 Å². The van der Waals surface area contributed by atoms with Gasteiger partial charge >= 0.3 is 5.97 Å². The third-order valence-corrected chi connectivity index (χ3v) is 7.80. The van der Waals surface area contributed by atoms with Crippen LogP contribution in [0.15, 0.2) is 57.3 Å². The van der Waals surface area contributed by atoms with Crippen LogP contribution in [0, 0.1) is 6.92 Å². The predicted molar refractivity (Wildman–Crippen MR) is 139 cm³/mol. The first kappa shape index (κ1) is 25.2. The molecule has 7 heteroatoms. The number of hydrogen-bond acceptors (Lipinski definition) is 7. The molecule has 1 aromatic heterocycles. The van der Waals surface area contributed by atoms with Gasteiger partial charge < -0.3 is 23.9 Å². The minimum Gasteiger partial charge on any atom is -0.493 e. The summed E-state index contributed by atoms with van der Waals surface area (Å²) in [7, 11) is 3.21. The third kappa shape index (κ3) is 4.91. The van der Waals surface area contributed by atoms with Crippen LogP contribution in [0.25, 0.3) is 0 Å². The quantitative estimate of drug-likeness (QED) is 0.493. The Morgan fingerprint density at radius 3 is 2.41 bits per heavy atom. The number of aryl methyl sites for hydroxylation is 1. The SMILES string of the molecule is COc1ccc([C@H]2CC(=O)C3=C(C2)NC(C)=C(C(=O)OC2CCCCC2)[C@@H]3c2ccc(C)o2)cc1OC. The number of dihydropyridines is 1. The van der Waals surface area contributed by atoms with Crippen LogP contribution in [-0.2, 0) is 14.3 Å². The summed E-state index contributed by atoms with van der Waals surface area (Å²) in [6.07, 6.45) is 5.97. The molecule has 0 unspecified atom stereocenters. The zero-order chi connectivity index (χ0) is 26.1. The van der Waals surface area contributed by atoms with Gasteiger partial charge in [-0.2, -0.15) is 0 Å². The molecule has 1 fully saturated rings. The number of allylic oxidation sites excluding steroid dienone is 3. The molecule has 196 valence electrons. The normalized spacial score (nSPS) is 22.4.